The van der Waals surface area contributed by atoms with Crippen LogP contribution in [-0.4, -0.2) is 22.1 Å². The molecule has 1 aromatic heterocycles. The van der Waals surface area contributed by atoms with E-state index in [1.54, 1.807) is 37.4 Å². The van der Waals surface area contributed by atoms with Gasteiger partial charge in [0.1, 0.15) is 11.5 Å². The molecule has 0 aliphatic rings. The van der Waals surface area contributed by atoms with E-state index in [1.807, 2.05) is 0 Å². The molecule has 0 atom stereocenters. The highest BCUT2D eigenvalue weighted by Crippen LogP contribution is 2.29. The Balaban J connectivity index is 1.80. The van der Waals surface area contributed by atoms with E-state index in [0.717, 1.165) is 18.3 Å². The number of anilines is 1. The fourth-order valence-electron chi connectivity index (χ4n) is 2.70. The molecule has 0 fully saturated rings. The molecule has 0 radical (unpaired) electrons. The highest BCUT2D eigenvalue weighted by Gasteiger charge is 2.30. The number of aromatic nitrogens is 2. The van der Waals surface area contributed by atoms with Gasteiger partial charge < -0.3 is 15.7 Å². The number of benzene rings is 2. The number of allylic oxidation sites excluding steroid dienone is 1. The molecule has 1 amide bonds. The van der Waals surface area contributed by atoms with Crippen molar-refractivity contribution in [3.8, 4) is 11.8 Å². The van der Waals surface area contributed by atoms with Gasteiger partial charge in [-0.15, -0.1) is 0 Å². The highest BCUT2D eigenvalue weighted by molar-refractivity contribution is 6.04. The quantitative estimate of drug-likeness (QED) is 0.406. The summed E-state index contributed by atoms with van der Waals surface area (Å²) < 4.78 is 38.7. The number of hydrogen-bond donors (Lipinski definition) is 3. The predicted octanol–water partition coefficient (Wildman–Crippen LogP) is 5.05. The van der Waals surface area contributed by atoms with E-state index in [1.165, 1.54) is 18.2 Å². The number of halogens is 3. The average molecular weight is 422 g/mol. The number of carbonyl (C=O) groups excluding carboxylic acids is 1. The molecule has 8 heteroatoms. The maximum absolute atomic E-state index is 12.9. The summed E-state index contributed by atoms with van der Waals surface area (Å²) in [4.78, 5) is 19.6. The molecule has 0 aliphatic heterocycles. The van der Waals surface area contributed by atoms with Gasteiger partial charge in [-0.2, -0.15) is 13.2 Å². The number of hydrogen-bond acceptors (Lipinski definition) is 3. The molecular formula is C23H17F3N4O. The monoisotopic (exact) mass is 422 g/mol. The normalized spacial score (nSPS) is 11.1. The van der Waals surface area contributed by atoms with E-state index in [2.05, 4.69) is 27.1 Å². The van der Waals surface area contributed by atoms with E-state index in [9.17, 15) is 18.0 Å². The molecule has 0 unspecified atom stereocenters. The molecule has 0 aliphatic carbocycles. The van der Waals surface area contributed by atoms with E-state index in [-0.39, 0.29) is 5.56 Å². The third kappa shape index (κ3) is 5.48. The lowest BCUT2D eigenvalue weighted by molar-refractivity contribution is -0.137. The van der Waals surface area contributed by atoms with Crippen molar-refractivity contribution in [1.82, 2.24) is 9.97 Å². The second-order valence-corrected chi connectivity index (χ2v) is 6.47. The standard InChI is InChI=1S/C23H17F3N4O/c1-15-16(10-11-19-14-28-21(29-19)9-4-12-27)5-3-8-20(15)30-22(31)17-6-2-7-18(13-17)23(24,25)26/h2-9,12-14,27H,1H3,(H,28,29)(H,30,31)/b9-4-,27-12?. The van der Waals surface area contributed by atoms with E-state index in [0.29, 0.717) is 28.3 Å². The molecule has 0 saturated carbocycles. The van der Waals surface area contributed by atoms with Gasteiger partial charge in [-0.25, -0.2) is 4.98 Å². The first-order chi connectivity index (χ1) is 14.8. The van der Waals surface area contributed by atoms with Crippen LogP contribution in [0.15, 0.2) is 54.7 Å². The maximum atomic E-state index is 12.9. The minimum absolute atomic E-state index is 0.0892. The molecule has 3 N–H and O–H groups in total. The Hall–Kier alpha value is -4.12. The number of carbonyl (C=O) groups is 1. The number of nitrogens with one attached hydrogen (secondary N) is 3. The first kappa shape index (κ1) is 21.6. The second kappa shape index (κ2) is 9.13. The second-order valence-electron chi connectivity index (χ2n) is 6.47. The van der Waals surface area contributed by atoms with Gasteiger partial charge in [0.05, 0.1) is 11.8 Å². The number of aromatic amines is 1. The van der Waals surface area contributed by atoms with Crippen molar-refractivity contribution >= 4 is 23.9 Å². The summed E-state index contributed by atoms with van der Waals surface area (Å²) in [5, 5.41) is 9.62. The zero-order valence-electron chi connectivity index (χ0n) is 16.3. The summed E-state index contributed by atoms with van der Waals surface area (Å²) in [7, 11) is 0. The third-order valence-corrected chi connectivity index (χ3v) is 4.31. The van der Waals surface area contributed by atoms with Crippen LogP contribution in [0.3, 0.4) is 0 Å². The van der Waals surface area contributed by atoms with Crippen LogP contribution < -0.4 is 5.32 Å². The van der Waals surface area contributed by atoms with Gasteiger partial charge in [-0.1, -0.05) is 18.1 Å². The predicted molar refractivity (Wildman–Crippen MR) is 113 cm³/mol. The Morgan fingerprint density at radius 3 is 2.71 bits per heavy atom. The van der Waals surface area contributed by atoms with Gasteiger partial charge in [0.15, 0.2) is 0 Å². The zero-order valence-corrected chi connectivity index (χ0v) is 16.3. The topological polar surface area (TPSA) is 81.6 Å². The highest BCUT2D eigenvalue weighted by atomic mass is 19.4. The lowest BCUT2D eigenvalue weighted by atomic mass is 10.1. The van der Waals surface area contributed by atoms with Crippen molar-refractivity contribution in [1.29, 1.82) is 5.41 Å². The molecule has 5 nitrogen and oxygen atoms in total. The Morgan fingerprint density at radius 2 is 1.97 bits per heavy atom. The van der Waals surface area contributed by atoms with Crippen LogP contribution in [0.5, 0.6) is 0 Å². The number of imidazole rings is 1. The Labute approximate surface area is 176 Å². The van der Waals surface area contributed by atoms with Gasteiger partial charge in [0.25, 0.3) is 5.91 Å². The molecule has 156 valence electrons. The maximum Gasteiger partial charge on any atom is 0.416 e. The summed E-state index contributed by atoms with van der Waals surface area (Å²) in [6.45, 7) is 1.76. The fraction of sp³-hybridized carbons (Fsp3) is 0.0870. The van der Waals surface area contributed by atoms with Crippen molar-refractivity contribution < 1.29 is 18.0 Å². The minimum Gasteiger partial charge on any atom is -0.332 e. The number of rotatable bonds is 4. The fourth-order valence-corrected chi connectivity index (χ4v) is 2.70. The molecule has 3 rings (SSSR count). The Bertz CT molecular complexity index is 1210. The summed E-state index contributed by atoms with van der Waals surface area (Å²) in [5.74, 6) is 5.85. The summed E-state index contributed by atoms with van der Waals surface area (Å²) in [6.07, 6.45) is 1.33. The van der Waals surface area contributed by atoms with Crippen molar-refractivity contribution in [2.24, 2.45) is 0 Å². The Kier molecular flexibility index (Phi) is 6.36. The number of nitrogens with zero attached hydrogens (tertiary/aromatic N) is 1. The van der Waals surface area contributed by atoms with Crippen LogP contribution in [0.1, 0.15) is 38.6 Å². The number of amides is 1. The first-order valence-electron chi connectivity index (χ1n) is 9.10. The molecule has 31 heavy (non-hydrogen) atoms. The van der Waals surface area contributed by atoms with E-state index < -0.39 is 17.6 Å². The Morgan fingerprint density at radius 1 is 1.19 bits per heavy atom. The minimum atomic E-state index is -4.52. The van der Waals surface area contributed by atoms with Gasteiger partial charge in [0.2, 0.25) is 0 Å². The van der Waals surface area contributed by atoms with Gasteiger partial charge >= 0.3 is 6.18 Å². The van der Waals surface area contributed by atoms with E-state index >= 15 is 0 Å². The molecular weight excluding hydrogens is 405 g/mol. The molecule has 0 saturated heterocycles. The SMILES string of the molecule is Cc1c(C#Cc2cnc(/C=C\C=N)[nH]2)cccc1NC(=O)c1cccc(C(F)(F)F)c1. The van der Waals surface area contributed by atoms with Gasteiger partial charge in [-0.05, 0) is 60.9 Å². The molecule has 3 aromatic rings. The zero-order chi connectivity index (χ0) is 22.4. The van der Waals surface area contributed by atoms with Crippen molar-refractivity contribution in [2.45, 2.75) is 13.1 Å². The molecule has 2 aromatic carbocycles. The van der Waals surface area contributed by atoms with Crippen LogP contribution >= 0.6 is 0 Å². The molecule has 0 spiro atoms. The average Bonchev–Trinajstić information content (AvgIpc) is 3.20. The number of alkyl halides is 3. The van der Waals surface area contributed by atoms with E-state index in [4.69, 9.17) is 5.41 Å². The molecule has 0 bridgehead atoms. The van der Waals surface area contributed by atoms with Gasteiger partial charge in [0, 0.05) is 23.0 Å². The third-order valence-electron chi connectivity index (χ3n) is 4.31. The first-order valence-corrected chi connectivity index (χ1v) is 9.10. The molecule has 1 heterocycles. The van der Waals surface area contributed by atoms with Crippen molar-refractivity contribution in [3.05, 3.63) is 88.5 Å². The van der Waals surface area contributed by atoms with Crippen LogP contribution in [0.2, 0.25) is 0 Å². The summed E-state index contributed by atoms with van der Waals surface area (Å²) >= 11 is 0. The smallest absolute Gasteiger partial charge is 0.332 e. The van der Waals surface area contributed by atoms with Crippen LogP contribution in [-0.2, 0) is 6.18 Å². The summed E-state index contributed by atoms with van der Waals surface area (Å²) in [5.41, 5.74) is 1.38. The van der Waals surface area contributed by atoms with Crippen LogP contribution in [0.4, 0.5) is 18.9 Å². The lowest BCUT2D eigenvalue weighted by Crippen LogP contribution is -2.14. The lowest BCUT2D eigenvalue weighted by Gasteiger charge is -2.11. The van der Waals surface area contributed by atoms with Crippen LogP contribution in [0, 0.1) is 24.2 Å². The van der Waals surface area contributed by atoms with Crippen molar-refractivity contribution in [2.75, 3.05) is 5.32 Å². The van der Waals surface area contributed by atoms with Crippen molar-refractivity contribution in [3.63, 3.8) is 0 Å². The largest absolute Gasteiger partial charge is 0.416 e. The number of H-pyrrole nitrogens is 1. The van der Waals surface area contributed by atoms with Gasteiger partial charge in [-0.3, -0.25) is 4.79 Å². The summed E-state index contributed by atoms with van der Waals surface area (Å²) in [6, 6.07) is 9.38. The van der Waals surface area contributed by atoms with Crippen LogP contribution in [0.25, 0.3) is 6.08 Å².